The second-order valence-electron chi connectivity index (χ2n) is 4.47. The molecule has 1 saturated carbocycles. The molecule has 0 aromatic carbocycles. The summed E-state index contributed by atoms with van der Waals surface area (Å²) in [5.74, 6) is 2.02. The maximum absolute atomic E-state index is 4.17. The van der Waals surface area contributed by atoms with Gasteiger partial charge in [-0.05, 0) is 18.9 Å². The van der Waals surface area contributed by atoms with E-state index in [1.165, 1.54) is 57.9 Å². The monoisotopic (exact) mass is 251 g/mol. The Morgan fingerprint density at radius 3 is 2.40 bits per heavy atom. The zero-order chi connectivity index (χ0) is 10.1. The van der Waals surface area contributed by atoms with E-state index in [2.05, 4.69) is 17.9 Å². The van der Waals surface area contributed by atoms with Crippen molar-refractivity contribution in [3.63, 3.8) is 0 Å². The van der Waals surface area contributed by atoms with Gasteiger partial charge in [0.1, 0.15) is 0 Å². The van der Waals surface area contributed by atoms with Gasteiger partial charge in [0.15, 0.2) is 0 Å². The van der Waals surface area contributed by atoms with Gasteiger partial charge in [0.25, 0.3) is 0 Å². The van der Waals surface area contributed by atoms with Crippen molar-refractivity contribution in [2.75, 3.05) is 18.8 Å². The van der Waals surface area contributed by atoms with Crippen LogP contribution in [0.2, 0.25) is 0 Å². The van der Waals surface area contributed by atoms with Crippen LogP contribution in [-0.2, 0) is 0 Å². The summed E-state index contributed by atoms with van der Waals surface area (Å²) in [6.07, 6.45) is 11.7. The van der Waals surface area contributed by atoms with Crippen molar-refractivity contribution in [1.29, 1.82) is 0 Å². The Bertz CT molecular complexity index is 127. The molecule has 3 heteroatoms. The third-order valence-corrected chi connectivity index (χ3v) is 3.45. The smallest absolute Gasteiger partial charge is 0.00397 e. The first-order chi connectivity index (χ1) is 6.93. The standard InChI is InChI=1S/C12H25NS.ClH/c14-11-10-13-9-5-4-8-12-6-2-1-3-7-12;/h12-14H,1-11H2;1H. The van der Waals surface area contributed by atoms with Crippen molar-refractivity contribution in [1.82, 2.24) is 5.32 Å². The van der Waals surface area contributed by atoms with E-state index in [1.807, 2.05) is 0 Å². The van der Waals surface area contributed by atoms with Crippen molar-refractivity contribution in [2.24, 2.45) is 5.92 Å². The Hall–Kier alpha value is 0.600. The Balaban J connectivity index is 0.00000196. The van der Waals surface area contributed by atoms with Gasteiger partial charge in [-0.2, -0.15) is 12.6 Å². The molecule has 0 amide bonds. The molecule has 0 radical (unpaired) electrons. The molecule has 0 aromatic rings. The number of rotatable bonds is 7. The van der Waals surface area contributed by atoms with Crippen LogP contribution >= 0.6 is 25.0 Å². The van der Waals surface area contributed by atoms with Crippen LogP contribution in [0.15, 0.2) is 0 Å². The van der Waals surface area contributed by atoms with Crippen molar-refractivity contribution in [3.8, 4) is 0 Å². The van der Waals surface area contributed by atoms with Gasteiger partial charge in [-0.15, -0.1) is 12.4 Å². The minimum absolute atomic E-state index is 0. The summed E-state index contributed by atoms with van der Waals surface area (Å²) in [5, 5.41) is 3.40. The molecule has 0 unspecified atom stereocenters. The first-order valence-electron chi connectivity index (χ1n) is 6.25. The van der Waals surface area contributed by atoms with Gasteiger partial charge in [-0.25, -0.2) is 0 Å². The molecule has 0 aromatic heterocycles. The third-order valence-electron chi connectivity index (χ3n) is 3.23. The van der Waals surface area contributed by atoms with Crippen LogP contribution in [0.25, 0.3) is 0 Å². The summed E-state index contributed by atoms with van der Waals surface area (Å²) in [5.41, 5.74) is 0. The van der Waals surface area contributed by atoms with Gasteiger partial charge in [-0.1, -0.05) is 44.9 Å². The lowest BCUT2D eigenvalue weighted by Gasteiger charge is -2.21. The predicted octanol–water partition coefficient (Wildman–Crippen LogP) is 3.68. The van der Waals surface area contributed by atoms with Gasteiger partial charge in [0.2, 0.25) is 0 Å². The molecule has 0 spiro atoms. The molecule has 92 valence electrons. The lowest BCUT2D eigenvalue weighted by atomic mass is 9.86. The van der Waals surface area contributed by atoms with E-state index in [1.54, 1.807) is 0 Å². The van der Waals surface area contributed by atoms with Gasteiger partial charge in [-0.3, -0.25) is 0 Å². The first kappa shape index (κ1) is 15.6. The number of hydrogen-bond donors (Lipinski definition) is 2. The highest BCUT2D eigenvalue weighted by atomic mass is 35.5. The fraction of sp³-hybridized carbons (Fsp3) is 1.00. The fourth-order valence-corrected chi connectivity index (χ4v) is 2.52. The SMILES string of the molecule is Cl.SCCNCCCCC1CCCCC1. The van der Waals surface area contributed by atoms with E-state index in [-0.39, 0.29) is 12.4 Å². The van der Waals surface area contributed by atoms with Crippen LogP contribution in [-0.4, -0.2) is 18.8 Å². The summed E-state index contributed by atoms with van der Waals surface area (Å²) in [7, 11) is 0. The van der Waals surface area contributed by atoms with E-state index in [9.17, 15) is 0 Å². The minimum Gasteiger partial charge on any atom is -0.316 e. The molecule has 1 aliphatic rings. The molecule has 0 heterocycles. The van der Waals surface area contributed by atoms with Crippen LogP contribution in [0, 0.1) is 5.92 Å². The average Bonchev–Trinajstić information content (AvgIpc) is 2.25. The predicted molar refractivity (Wildman–Crippen MR) is 74.4 cm³/mol. The molecule has 0 bridgehead atoms. The summed E-state index contributed by atoms with van der Waals surface area (Å²) >= 11 is 4.17. The Morgan fingerprint density at radius 2 is 1.73 bits per heavy atom. The van der Waals surface area contributed by atoms with Crippen molar-refractivity contribution in [3.05, 3.63) is 0 Å². The highest BCUT2D eigenvalue weighted by Gasteiger charge is 2.12. The lowest BCUT2D eigenvalue weighted by molar-refractivity contribution is 0.329. The van der Waals surface area contributed by atoms with Crippen molar-refractivity contribution < 1.29 is 0 Å². The molecule has 1 fully saturated rings. The Labute approximate surface area is 107 Å². The first-order valence-corrected chi connectivity index (χ1v) is 6.88. The van der Waals surface area contributed by atoms with Crippen molar-refractivity contribution >= 4 is 25.0 Å². The molecule has 15 heavy (non-hydrogen) atoms. The number of nitrogens with one attached hydrogen (secondary N) is 1. The van der Waals surface area contributed by atoms with Crippen molar-refractivity contribution in [2.45, 2.75) is 51.4 Å². The van der Waals surface area contributed by atoms with E-state index in [0.29, 0.717) is 0 Å². The summed E-state index contributed by atoms with van der Waals surface area (Å²) in [6, 6.07) is 0. The number of hydrogen-bond acceptors (Lipinski definition) is 2. The largest absolute Gasteiger partial charge is 0.316 e. The van der Waals surface area contributed by atoms with E-state index >= 15 is 0 Å². The van der Waals surface area contributed by atoms with Crippen LogP contribution in [0.3, 0.4) is 0 Å². The molecule has 1 rings (SSSR count). The van der Waals surface area contributed by atoms with Gasteiger partial charge < -0.3 is 5.32 Å². The van der Waals surface area contributed by atoms with Gasteiger partial charge >= 0.3 is 0 Å². The second-order valence-corrected chi connectivity index (χ2v) is 4.92. The molecule has 1 nitrogen and oxygen atoms in total. The molecule has 0 atom stereocenters. The minimum atomic E-state index is 0. The Morgan fingerprint density at radius 1 is 1.00 bits per heavy atom. The maximum atomic E-state index is 4.17. The summed E-state index contributed by atoms with van der Waals surface area (Å²) < 4.78 is 0. The average molecular weight is 252 g/mol. The molecular weight excluding hydrogens is 226 g/mol. The number of halogens is 1. The number of thiol groups is 1. The molecule has 0 aliphatic heterocycles. The molecule has 0 saturated heterocycles. The van der Waals surface area contributed by atoms with Gasteiger partial charge in [0.05, 0.1) is 0 Å². The van der Waals surface area contributed by atoms with Crippen LogP contribution < -0.4 is 5.32 Å². The van der Waals surface area contributed by atoms with Crippen LogP contribution in [0.4, 0.5) is 0 Å². The fourth-order valence-electron chi connectivity index (χ4n) is 2.36. The quantitative estimate of drug-likeness (QED) is 0.520. The van der Waals surface area contributed by atoms with Crippen LogP contribution in [0.5, 0.6) is 0 Å². The second kappa shape index (κ2) is 11.1. The zero-order valence-corrected chi connectivity index (χ0v) is 11.4. The lowest BCUT2D eigenvalue weighted by Crippen LogP contribution is -2.18. The molecule has 1 N–H and O–H groups in total. The highest BCUT2D eigenvalue weighted by molar-refractivity contribution is 7.80. The number of unbranched alkanes of at least 4 members (excludes halogenated alkanes) is 1. The zero-order valence-electron chi connectivity index (χ0n) is 9.71. The van der Waals surface area contributed by atoms with E-state index in [4.69, 9.17) is 0 Å². The highest BCUT2D eigenvalue weighted by Crippen LogP contribution is 2.27. The van der Waals surface area contributed by atoms with E-state index in [0.717, 1.165) is 18.2 Å². The molecule has 1 aliphatic carbocycles. The Kier molecular flexibility index (Phi) is 11.5. The van der Waals surface area contributed by atoms with Crippen LogP contribution in [0.1, 0.15) is 51.4 Å². The molecular formula is C12H26ClNS. The van der Waals surface area contributed by atoms with E-state index < -0.39 is 0 Å². The normalized spacial score (nSPS) is 17.4. The summed E-state index contributed by atoms with van der Waals surface area (Å²) in [4.78, 5) is 0. The topological polar surface area (TPSA) is 12.0 Å². The van der Waals surface area contributed by atoms with Gasteiger partial charge in [0, 0.05) is 12.3 Å². The third kappa shape index (κ3) is 8.41. The summed E-state index contributed by atoms with van der Waals surface area (Å²) in [6.45, 7) is 2.25. The maximum Gasteiger partial charge on any atom is 0.00397 e.